The second kappa shape index (κ2) is 6.65. The van der Waals surface area contributed by atoms with Crippen molar-refractivity contribution in [1.82, 2.24) is 4.90 Å². The van der Waals surface area contributed by atoms with E-state index in [4.69, 9.17) is 4.74 Å². The van der Waals surface area contributed by atoms with Gasteiger partial charge in [0.1, 0.15) is 5.75 Å². The van der Waals surface area contributed by atoms with Crippen LogP contribution in [0.2, 0.25) is 0 Å². The highest BCUT2D eigenvalue weighted by atomic mass is 16.5. The Balaban J connectivity index is 1.59. The Morgan fingerprint density at radius 3 is 2.55 bits per heavy atom. The summed E-state index contributed by atoms with van der Waals surface area (Å²) in [6.45, 7) is 1.70. The van der Waals surface area contributed by atoms with Crippen LogP contribution < -0.4 is 4.74 Å². The van der Waals surface area contributed by atoms with Crippen LogP contribution in [-0.2, 0) is 6.42 Å². The Morgan fingerprint density at radius 1 is 1.14 bits per heavy atom. The molecule has 2 aromatic carbocycles. The molecule has 0 radical (unpaired) electrons. The first-order chi connectivity index (χ1) is 10.8. The monoisotopic (exact) mass is 295 g/mol. The lowest BCUT2D eigenvalue weighted by atomic mass is 9.99. The zero-order valence-electron chi connectivity index (χ0n) is 12.9. The van der Waals surface area contributed by atoms with Crippen LogP contribution in [0.3, 0.4) is 0 Å². The lowest BCUT2D eigenvalue weighted by Crippen LogP contribution is -2.28. The summed E-state index contributed by atoms with van der Waals surface area (Å²) in [5, 5.41) is 0. The van der Waals surface area contributed by atoms with Crippen LogP contribution >= 0.6 is 0 Å². The summed E-state index contributed by atoms with van der Waals surface area (Å²) < 4.78 is 5.18. The van der Waals surface area contributed by atoms with Crippen molar-refractivity contribution >= 4 is 5.91 Å². The SMILES string of the molecule is COc1ccc(CC2CCN(C(=O)c3ccccc3)C2)cc1. The molecule has 1 unspecified atom stereocenters. The van der Waals surface area contributed by atoms with Gasteiger partial charge in [0.05, 0.1) is 7.11 Å². The number of carbonyl (C=O) groups is 1. The average Bonchev–Trinajstić information content (AvgIpc) is 3.04. The van der Waals surface area contributed by atoms with Crippen molar-refractivity contribution in [1.29, 1.82) is 0 Å². The van der Waals surface area contributed by atoms with E-state index in [-0.39, 0.29) is 5.91 Å². The lowest BCUT2D eigenvalue weighted by Gasteiger charge is -2.16. The molecule has 3 rings (SSSR count). The van der Waals surface area contributed by atoms with Crippen LogP contribution in [0.5, 0.6) is 5.75 Å². The summed E-state index contributed by atoms with van der Waals surface area (Å²) >= 11 is 0. The largest absolute Gasteiger partial charge is 0.497 e. The minimum Gasteiger partial charge on any atom is -0.497 e. The fourth-order valence-electron chi connectivity index (χ4n) is 3.04. The summed E-state index contributed by atoms with van der Waals surface area (Å²) in [6, 6.07) is 17.8. The zero-order chi connectivity index (χ0) is 15.4. The van der Waals surface area contributed by atoms with Gasteiger partial charge in [-0.05, 0) is 48.6 Å². The van der Waals surface area contributed by atoms with E-state index in [1.54, 1.807) is 7.11 Å². The quantitative estimate of drug-likeness (QED) is 0.865. The molecular weight excluding hydrogens is 274 g/mol. The average molecular weight is 295 g/mol. The van der Waals surface area contributed by atoms with Gasteiger partial charge in [0.2, 0.25) is 0 Å². The highest BCUT2D eigenvalue weighted by Crippen LogP contribution is 2.23. The predicted octanol–water partition coefficient (Wildman–Crippen LogP) is 3.40. The molecule has 114 valence electrons. The molecule has 1 atom stereocenters. The summed E-state index contributed by atoms with van der Waals surface area (Å²) in [7, 11) is 1.68. The highest BCUT2D eigenvalue weighted by Gasteiger charge is 2.26. The molecule has 0 bridgehead atoms. The van der Waals surface area contributed by atoms with Crippen molar-refractivity contribution in [3.63, 3.8) is 0 Å². The number of benzene rings is 2. The molecule has 1 amide bonds. The van der Waals surface area contributed by atoms with Crippen LogP contribution in [0.1, 0.15) is 22.3 Å². The second-order valence-electron chi connectivity index (χ2n) is 5.82. The Kier molecular flexibility index (Phi) is 4.42. The smallest absolute Gasteiger partial charge is 0.253 e. The molecule has 22 heavy (non-hydrogen) atoms. The molecule has 0 aliphatic carbocycles. The highest BCUT2D eigenvalue weighted by molar-refractivity contribution is 5.94. The molecule has 2 aromatic rings. The van der Waals surface area contributed by atoms with Gasteiger partial charge in [-0.15, -0.1) is 0 Å². The topological polar surface area (TPSA) is 29.5 Å². The summed E-state index contributed by atoms with van der Waals surface area (Å²) in [6.07, 6.45) is 2.09. The lowest BCUT2D eigenvalue weighted by molar-refractivity contribution is 0.0787. The number of amides is 1. The van der Waals surface area contributed by atoms with E-state index in [9.17, 15) is 4.79 Å². The standard InChI is InChI=1S/C19H21NO2/c1-22-18-9-7-15(8-10-18)13-16-11-12-20(14-16)19(21)17-5-3-2-4-6-17/h2-10,16H,11-14H2,1H3. The third-order valence-electron chi connectivity index (χ3n) is 4.28. The van der Waals surface area contributed by atoms with Gasteiger partial charge in [0.25, 0.3) is 5.91 Å². The minimum atomic E-state index is 0.151. The molecule has 1 heterocycles. The van der Waals surface area contributed by atoms with Crippen molar-refractivity contribution < 1.29 is 9.53 Å². The van der Waals surface area contributed by atoms with E-state index in [0.717, 1.165) is 37.2 Å². The Morgan fingerprint density at radius 2 is 1.86 bits per heavy atom. The third-order valence-corrected chi connectivity index (χ3v) is 4.28. The number of rotatable bonds is 4. The summed E-state index contributed by atoms with van der Waals surface area (Å²) in [5.74, 6) is 1.58. The molecule has 0 N–H and O–H groups in total. The maximum atomic E-state index is 12.4. The molecule has 3 nitrogen and oxygen atoms in total. The molecule has 1 fully saturated rings. The molecule has 0 aromatic heterocycles. The first-order valence-corrected chi connectivity index (χ1v) is 7.73. The van der Waals surface area contributed by atoms with Crippen LogP contribution in [0, 0.1) is 5.92 Å². The van der Waals surface area contributed by atoms with Crippen molar-refractivity contribution in [3.8, 4) is 5.75 Å². The predicted molar refractivity (Wildman–Crippen MR) is 87.2 cm³/mol. The van der Waals surface area contributed by atoms with E-state index in [0.29, 0.717) is 5.92 Å². The number of hydrogen-bond donors (Lipinski definition) is 0. The second-order valence-corrected chi connectivity index (χ2v) is 5.82. The molecule has 1 aliphatic rings. The van der Waals surface area contributed by atoms with Gasteiger partial charge in [-0.3, -0.25) is 4.79 Å². The van der Waals surface area contributed by atoms with Crippen LogP contribution in [0.15, 0.2) is 54.6 Å². The van der Waals surface area contributed by atoms with Crippen LogP contribution in [-0.4, -0.2) is 31.0 Å². The van der Waals surface area contributed by atoms with Gasteiger partial charge in [-0.1, -0.05) is 30.3 Å². The summed E-state index contributed by atoms with van der Waals surface area (Å²) in [4.78, 5) is 14.4. The van der Waals surface area contributed by atoms with Crippen LogP contribution in [0.25, 0.3) is 0 Å². The fraction of sp³-hybridized carbons (Fsp3) is 0.316. The number of hydrogen-bond acceptors (Lipinski definition) is 2. The van der Waals surface area contributed by atoms with Gasteiger partial charge >= 0.3 is 0 Å². The van der Waals surface area contributed by atoms with Crippen LogP contribution in [0.4, 0.5) is 0 Å². The summed E-state index contributed by atoms with van der Waals surface area (Å²) in [5.41, 5.74) is 2.09. The van der Waals surface area contributed by atoms with Gasteiger partial charge in [0, 0.05) is 18.7 Å². The number of carbonyl (C=O) groups excluding carboxylic acids is 1. The van der Waals surface area contributed by atoms with E-state index < -0.39 is 0 Å². The van der Waals surface area contributed by atoms with Crippen molar-refractivity contribution in [3.05, 3.63) is 65.7 Å². The van der Waals surface area contributed by atoms with E-state index in [1.165, 1.54) is 5.56 Å². The number of ether oxygens (including phenoxy) is 1. The van der Waals surface area contributed by atoms with Gasteiger partial charge in [-0.25, -0.2) is 0 Å². The Labute approximate surface area is 131 Å². The van der Waals surface area contributed by atoms with E-state index in [1.807, 2.05) is 47.4 Å². The number of methoxy groups -OCH3 is 1. The van der Waals surface area contributed by atoms with Crippen molar-refractivity contribution in [2.45, 2.75) is 12.8 Å². The fourth-order valence-corrected chi connectivity index (χ4v) is 3.04. The Hall–Kier alpha value is -2.29. The van der Waals surface area contributed by atoms with Gasteiger partial charge in [0.15, 0.2) is 0 Å². The molecule has 1 aliphatic heterocycles. The molecule has 3 heteroatoms. The van der Waals surface area contributed by atoms with Gasteiger partial charge in [-0.2, -0.15) is 0 Å². The van der Waals surface area contributed by atoms with E-state index in [2.05, 4.69) is 12.1 Å². The van der Waals surface area contributed by atoms with Gasteiger partial charge < -0.3 is 9.64 Å². The molecular formula is C19H21NO2. The minimum absolute atomic E-state index is 0.151. The Bertz CT molecular complexity index is 622. The molecule has 0 saturated carbocycles. The number of likely N-dealkylation sites (tertiary alicyclic amines) is 1. The van der Waals surface area contributed by atoms with E-state index >= 15 is 0 Å². The van der Waals surface area contributed by atoms with Crippen molar-refractivity contribution in [2.24, 2.45) is 5.92 Å². The molecule has 1 saturated heterocycles. The molecule has 0 spiro atoms. The maximum Gasteiger partial charge on any atom is 0.253 e. The zero-order valence-corrected chi connectivity index (χ0v) is 12.9. The normalized spacial score (nSPS) is 17.5. The van der Waals surface area contributed by atoms with Crippen molar-refractivity contribution in [2.75, 3.05) is 20.2 Å². The number of nitrogens with zero attached hydrogens (tertiary/aromatic N) is 1. The first-order valence-electron chi connectivity index (χ1n) is 7.73. The first kappa shape index (κ1) is 14.6. The maximum absolute atomic E-state index is 12.4. The third kappa shape index (κ3) is 3.30.